The molecule has 0 N–H and O–H groups in total. The van der Waals surface area contributed by atoms with Crippen LogP contribution in [0.3, 0.4) is 0 Å². The third-order valence-corrected chi connectivity index (χ3v) is 24.7. The number of fused-ring (bicyclic) bond motifs is 4. The van der Waals surface area contributed by atoms with Crippen molar-refractivity contribution in [3.63, 3.8) is 0 Å². The molecule has 450 valence electrons. The summed E-state index contributed by atoms with van der Waals surface area (Å²) in [6.45, 7) is 11.4. The number of nitrogens with zero attached hydrogens (tertiary/aromatic N) is 4. The molecule has 7 heteroatoms. The number of aromatic nitrogens is 4. The molecule has 0 spiro atoms. The van der Waals surface area contributed by atoms with E-state index >= 15 is 0 Å². The molecule has 15 aromatic rings. The van der Waals surface area contributed by atoms with Crippen LogP contribution in [0.15, 0.2) is 327 Å². The van der Waals surface area contributed by atoms with E-state index in [9.17, 15) is 38.4 Å². The van der Waals surface area contributed by atoms with E-state index in [0.717, 1.165) is 21.9 Å². The van der Waals surface area contributed by atoms with Gasteiger partial charge in [-0.2, -0.15) is 0 Å². The summed E-state index contributed by atoms with van der Waals surface area (Å²) in [7, 11) is -12.6. The average Bonchev–Trinajstić information content (AvgIpc) is 0.913. The van der Waals surface area contributed by atoms with Gasteiger partial charge in [0, 0.05) is 23.0 Å². The topological polar surface area (TPSA) is 35.9 Å². The summed E-state index contributed by atoms with van der Waals surface area (Å²) in [6, 6.07) is -6.24. The van der Waals surface area contributed by atoms with E-state index < -0.39 is 269 Å². The lowest BCUT2D eigenvalue weighted by Crippen LogP contribution is -2.76. The van der Waals surface area contributed by atoms with E-state index in [1.54, 1.807) is 63.4 Å². The Hall–Kier alpha value is -10.7. The van der Waals surface area contributed by atoms with Gasteiger partial charge in [0.1, 0.15) is 17.3 Å². The van der Waals surface area contributed by atoms with Gasteiger partial charge in [-0.3, -0.25) is 13.7 Å². The van der Waals surface area contributed by atoms with Crippen LogP contribution in [-0.4, -0.2) is 30.3 Å². The lowest BCUT2D eigenvalue weighted by Gasteiger charge is -2.38. The smallest absolute Gasteiger partial charge is 0.269 e. The number of imidazole rings is 1. The first-order valence-corrected chi connectivity index (χ1v) is 33.5. The molecule has 0 aliphatic carbocycles. The summed E-state index contributed by atoms with van der Waals surface area (Å²) < 4.78 is 338. The van der Waals surface area contributed by atoms with Gasteiger partial charge in [-0.05, 0) is 129 Å². The number of rotatable bonds is 14. The fourth-order valence-corrected chi connectivity index (χ4v) is 19.8. The van der Waals surface area contributed by atoms with Crippen LogP contribution in [0, 0.1) is 6.33 Å². The van der Waals surface area contributed by atoms with Crippen LogP contribution < -0.4 is 50.8 Å². The van der Waals surface area contributed by atoms with Crippen molar-refractivity contribution >= 4 is 90.5 Å². The van der Waals surface area contributed by atoms with Crippen LogP contribution in [0.2, 0.25) is 0 Å². The number of hydrogen-bond acceptors (Lipinski definition) is 2. The molecule has 3 heterocycles. The minimum Gasteiger partial charge on any atom is -0.458 e. The van der Waals surface area contributed by atoms with Crippen LogP contribution >= 0.6 is 0 Å². The second-order valence-corrected chi connectivity index (χ2v) is 31.0. The molecule has 0 saturated carbocycles. The van der Waals surface area contributed by atoms with E-state index in [-0.39, 0.29) is 49.9 Å². The summed E-state index contributed by atoms with van der Waals surface area (Å²) in [6.07, 6.45) is 5.17. The molecule has 0 aliphatic rings. The Kier molecular flexibility index (Phi) is 8.21. The normalized spacial score (nSPS) is 17.3. The number of benzene rings is 12. The summed E-state index contributed by atoms with van der Waals surface area (Å²) in [5.74, 6) is 1.02. The second kappa shape index (κ2) is 23.8. The van der Waals surface area contributed by atoms with Gasteiger partial charge in [0.05, 0.1) is 80.0 Å². The molecule has 15 rings (SSSR count). The third-order valence-electron chi connectivity index (χ3n) is 16.5. The quantitative estimate of drug-likeness (QED) is 0.0471. The summed E-state index contributed by atoms with van der Waals surface area (Å²) in [5.41, 5.74) is -0.141. The maximum Gasteiger partial charge on any atom is 0.269 e. The average molecular weight is 1270 g/mol. The number of pyridine rings is 1. The minimum atomic E-state index is -6.46. The zero-order chi connectivity index (χ0) is 92.9. The van der Waals surface area contributed by atoms with Gasteiger partial charge in [-0.15, -0.1) is 0 Å². The summed E-state index contributed by atoms with van der Waals surface area (Å²) >= 11 is 0. The lowest BCUT2D eigenvalue weighted by molar-refractivity contribution is -0.572. The zero-order valence-electron chi connectivity index (χ0n) is 84.7. The molecule has 93 heavy (non-hydrogen) atoms. The van der Waals surface area contributed by atoms with Gasteiger partial charge in [-0.1, -0.05) is 302 Å². The highest BCUT2D eigenvalue weighted by atomic mass is 28.3. The van der Waals surface area contributed by atoms with Gasteiger partial charge in [0.25, 0.3) is 6.33 Å². The SMILES string of the molecule is [2H]c1c([2H])c([2H])c([Si](c2cccc(C(C)(C)C)c2-[n+]2[c-]n(-c3cccc(Oc4ccc5c6ccccc6n(-c6cc(C(C)(C)C)ccn6)c5c4)c3)c3cc(-c4c([2H])c([2H])c([2H])c([Si](c5c([2H])c([2H])c([2H])c([2H])c5[2H])(c5c([2H])c([2H])c([2H])c([2H])c5[2H])c5c([2H])c([2H])c([2H])c([2H])c5[2H])c4[2H])ccc32)(c2c([2H])c([2H])c([2H])c([2H])c2[2H])c2c([2H])c([2H])c([2H])c([2H])c2[2H])c([2H])c1[2H]. The Morgan fingerprint density at radius 3 is 1.55 bits per heavy atom. The first-order valence-electron chi connectivity index (χ1n) is 46.5. The van der Waals surface area contributed by atoms with Crippen molar-refractivity contribution < 1.29 is 55.9 Å². The van der Waals surface area contributed by atoms with Crippen LogP contribution in [0.4, 0.5) is 0 Å². The van der Waals surface area contributed by atoms with Crippen molar-refractivity contribution in [2.75, 3.05) is 0 Å². The Bertz CT molecular complexity index is 6850. The summed E-state index contributed by atoms with van der Waals surface area (Å²) in [4.78, 5) is 4.85. The van der Waals surface area contributed by atoms with Gasteiger partial charge < -0.3 is 4.74 Å². The molecule has 0 atom stereocenters. The molecule has 0 radical (unpaired) electrons. The van der Waals surface area contributed by atoms with Gasteiger partial charge in [0.15, 0.2) is 16.1 Å². The van der Waals surface area contributed by atoms with Gasteiger partial charge in [-0.25, -0.2) is 4.98 Å². The highest BCUT2D eigenvalue weighted by Gasteiger charge is 2.45. The fraction of sp³-hybridized carbons (Fsp3) is 0.0930. The summed E-state index contributed by atoms with van der Waals surface area (Å²) in [5, 5.41) is -5.52. The van der Waals surface area contributed by atoms with Crippen molar-refractivity contribution in [2.24, 2.45) is 0 Å². The molecule has 0 amide bonds. The van der Waals surface area contributed by atoms with Gasteiger partial charge >= 0.3 is 0 Å². The molecular formula is C86H72N4OSi2. The monoisotopic (exact) mass is 1270 g/mol. The maximum absolute atomic E-state index is 10.9. The van der Waals surface area contributed by atoms with Crippen molar-refractivity contribution in [1.82, 2.24) is 14.1 Å². The predicted octanol–water partition coefficient (Wildman–Crippen LogP) is 15.0. The van der Waals surface area contributed by atoms with Crippen LogP contribution in [0.25, 0.3) is 61.2 Å². The number of hydrogen-bond donors (Lipinski definition) is 0. The van der Waals surface area contributed by atoms with Crippen molar-refractivity contribution in [1.29, 1.82) is 0 Å². The zero-order valence-corrected chi connectivity index (χ0v) is 52.7. The molecule has 0 fully saturated rings. The Morgan fingerprint density at radius 2 is 0.968 bits per heavy atom. The Balaban J connectivity index is 1.13. The number of ether oxygens (including phenoxy) is 1. The van der Waals surface area contributed by atoms with E-state index in [0.29, 0.717) is 17.1 Å². The van der Waals surface area contributed by atoms with E-state index in [4.69, 9.17) is 17.9 Å². The van der Waals surface area contributed by atoms with Crippen molar-refractivity contribution in [2.45, 2.75) is 52.4 Å². The van der Waals surface area contributed by atoms with Crippen LogP contribution in [-0.2, 0) is 10.8 Å². The first kappa shape index (κ1) is 32.0. The van der Waals surface area contributed by atoms with Crippen molar-refractivity contribution in [3.8, 4) is 39.8 Å². The third kappa shape index (κ3) is 10.3. The molecule has 5 nitrogen and oxygen atoms in total. The first-order chi connectivity index (χ1) is 59.5. The molecular weight excluding hydrogens is 1160 g/mol. The van der Waals surface area contributed by atoms with Crippen LogP contribution in [0.1, 0.15) is 99.3 Å². The van der Waals surface area contributed by atoms with E-state index in [2.05, 4.69) is 27.1 Å². The lowest BCUT2D eigenvalue weighted by atomic mass is 9.85. The van der Waals surface area contributed by atoms with E-state index in [1.807, 2.05) is 53.1 Å². The highest BCUT2D eigenvalue weighted by Crippen LogP contribution is 2.37. The molecule has 0 unspecified atom stereocenters. The Labute approximate surface area is 595 Å². The molecule has 12 aromatic carbocycles. The second-order valence-electron chi connectivity index (χ2n) is 24.0. The largest absolute Gasteiger partial charge is 0.458 e. The van der Waals surface area contributed by atoms with Crippen molar-refractivity contribution in [3.05, 3.63) is 344 Å². The predicted molar refractivity (Wildman–Crippen MR) is 392 cm³/mol. The fourth-order valence-electron chi connectivity index (χ4n) is 12.2. The molecule has 3 aromatic heterocycles. The van der Waals surface area contributed by atoms with E-state index in [1.165, 1.54) is 39.5 Å². The minimum absolute atomic E-state index is 0.0656. The van der Waals surface area contributed by atoms with Gasteiger partial charge in [0.2, 0.25) is 0 Å². The van der Waals surface area contributed by atoms with Crippen LogP contribution in [0.5, 0.6) is 11.5 Å². The molecule has 0 aliphatic heterocycles. The standard InChI is InChI=1S/C86H72N4OSi2/c1-85(2,3)64-54-55-87-83(58-64)90-78-48-26-25-46-75(78)76-52-51-67(60-80(76)90)91-66-32-28-31-65(59-66)88-61-89(84-77(86(4,5)6)47-29-49-82(84)93(71-39-19-10-20-40-71,72-41-21-11-22-42-72)73-43-23-12-24-44-73)79-53-50-63(57-81(79)88)62-30-27-45-74(56-62)92(68-33-13-7-14-34-68,69-35-15-8-16-36-69)70-37-17-9-18-38-70/h7-60H,1-6H3/i7D,8D,9D,10D,11D,12D,13D,14D,15D,16D,17D,18D,19D,20D,21D,22D,23D,24D,27D,30D,33D,34D,35D,36D,37D,38D,39D,40D,41D,42D,43D,44D,45D,56D. The molecule has 0 saturated heterocycles. The molecule has 0 bridgehead atoms. The maximum atomic E-state index is 10.9. The number of para-hydroxylation sites is 2. The highest BCUT2D eigenvalue weighted by molar-refractivity contribution is 7.20. The Morgan fingerprint density at radius 1 is 0.430 bits per heavy atom.